The number of hydrogen-bond donors (Lipinski definition) is 2. The van der Waals surface area contributed by atoms with Gasteiger partial charge in [-0.3, -0.25) is 9.59 Å². The molecule has 8 nitrogen and oxygen atoms in total. The summed E-state index contributed by atoms with van der Waals surface area (Å²) in [4.78, 5) is 47.2. The van der Waals surface area contributed by atoms with Crippen molar-refractivity contribution in [2.24, 2.45) is 5.92 Å². The van der Waals surface area contributed by atoms with Crippen molar-refractivity contribution >= 4 is 58.8 Å². The lowest BCUT2D eigenvalue weighted by Crippen LogP contribution is -2.48. The van der Waals surface area contributed by atoms with Gasteiger partial charge >= 0.3 is 5.97 Å². The Morgan fingerprint density at radius 3 is 2.59 bits per heavy atom. The van der Waals surface area contributed by atoms with E-state index in [-0.39, 0.29) is 24.2 Å². The third-order valence-corrected chi connectivity index (χ3v) is 7.34. The molecular formula is C23H24Cl2N4O4S. The van der Waals surface area contributed by atoms with Crippen molar-refractivity contribution in [1.82, 2.24) is 20.2 Å². The maximum absolute atomic E-state index is 12.7. The number of carboxylic acid groups (broad SMARTS) is 1. The highest BCUT2D eigenvalue weighted by atomic mass is 35.5. The number of nitrogens with one attached hydrogen (secondary N) is 1. The van der Waals surface area contributed by atoms with E-state index in [1.807, 2.05) is 12.3 Å². The summed E-state index contributed by atoms with van der Waals surface area (Å²) < 4.78 is 0. The number of thioether (sulfide) groups is 1. The van der Waals surface area contributed by atoms with E-state index in [4.69, 9.17) is 23.2 Å². The summed E-state index contributed by atoms with van der Waals surface area (Å²) in [6.45, 7) is 0.787. The number of aromatic nitrogens is 2. The average Bonchev–Trinajstić information content (AvgIpc) is 2.85. The van der Waals surface area contributed by atoms with Crippen LogP contribution in [0.2, 0.25) is 10.0 Å². The zero-order valence-electron chi connectivity index (χ0n) is 18.4. The maximum Gasteiger partial charge on any atom is 0.326 e. The van der Waals surface area contributed by atoms with Gasteiger partial charge in [-0.2, -0.15) is 0 Å². The molecule has 0 radical (unpaired) electrons. The Labute approximate surface area is 211 Å². The number of benzene rings is 1. The number of carboxylic acids is 1. The lowest BCUT2D eigenvalue weighted by atomic mass is 9.95. The highest BCUT2D eigenvalue weighted by Crippen LogP contribution is 2.35. The second-order valence-electron chi connectivity index (χ2n) is 7.72. The quantitative estimate of drug-likeness (QED) is 0.402. The van der Waals surface area contributed by atoms with Crippen LogP contribution in [0.4, 0.5) is 0 Å². The Morgan fingerprint density at radius 1 is 1.24 bits per heavy atom. The van der Waals surface area contributed by atoms with Crippen LogP contribution in [0.3, 0.4) is 0 Å². The van der Waals surface area contributed by atoms with Gasteiger partial charge in [-0.1, -0.05) is 29.3 Å². The van der Waals surface area contributed by atoms with Gasteiger partial charge in [-0.15, -0.1) is 11.8 Å². The summed E-state index contributed by atoms with van der Waals surface area (Å²) in [7, 11) is 0. The first-order chi connectivity index (χ1) is 16.3. The number of carbonyl (C=O) groups excluding carboxylic acids is 2. The number of halogens is 2. The smallest absolute Gasteiger partial charge is 0.326 e. The number of piperidine rings is 1. The lowest BCUT2D eigenvalue weighted by molar-refractivity contribution is -0.142. The molecule has 2 amide bonds. The lowest BCUT2D eigenvalue weighted by Gasteiger charge is -2.31. The Balaban J connectivity index is 1.53. The van der Waals surface area contributed by atoms with E-state index in [0.717, 1.165) is 4.90 Å². The number of rotatable bonds is 8. The number of carbonyl (C=O) groups is 3. The molecule has 0 spiro atoms. The van der Waals surface area contributed by atoms with Crippen LogP contribution >= 0.6 is 35.0 Å². The van der Waals surface area contributed by atoms with E-state index >= 15 is 0 Å². The summed E-state index contributed by atoms with van der Waals surface area (Å²) in [6, 6.07) is 4.18. The summed E-state index contributed by atoms with van der Waals surface area (Å²) in [5, 5.41) is 12.9. The summed E-state index contributed by atoms with van der Waals surface area (Å²) >= 11 is 14.0. The molecule has 0 aliphatic carbocycles. The second-order valence-corrected chi connectivity index (χ2v) is 9.33. The number of likely N-dealkylation sites (tertiary alicyclic amines) is 1. The molecule has 34 heavy (non-hydrogen) atoms. The van der Waals surface area contributed by atoms with Crippen molar-refractivity contribution < 1.29 is 19.5 Å². The normalized spacial score (nSPS) is 15.3. The SMILES string of the molecule is CSc1ccc(/C=C/C(=O)N2CCC(C(=O)NC(Cc3ccncn3)C(=O)O)CC2)c(Cl)c1Cl. The molecule has 1 fully saturated rings. The second kappa shape index (κ2) is 12.2. The average molecular weight is 523 g/mol. The summed E-state index contributed by atoms with van der Waals surface area (Å²) in [5.41, 5.74) is 1.18. The molecule has 180 valence electrons. The molecule has 2 aromatic rings. The van der Waals surface area contributed by atoms with Gasteiger partial charge in [0.2, 0.25) is 11.8 Å². The van der Waals surface area contributed by atoms with Crippen molar-refractivity contribution in [1.29, 1.82) is 0 Å². The molecule has 1 aromatic heterocycles. The molecule has 11 heteroatoms. The van der Waals surface area contributed by atoms with Gasteiger partial charge in [-0.25, -0.2) is 14.8 Å². The Bertz CT molecular complexity index is 1080. The summed E-state index contributed by atoms with van der Waals surface area (Å²) in [6.07, 6.45) is 8.78. The molecule has 1 unspecified atom stereocenters. The first kappa shape index (κ1) is 26.0. The molecule has 1 saturated heterocycles. The Hall–Kier alpha value is -2.62. The third kappa shape index (κ3) is 6.71. The highest BCUT2D eigenvalue weighted by molar-refractivity contribution is 7.98. The van der Waals surface area contributed by atoms with Crippen LogP contribution in [0.1, 0.15) is 24.1 Å². The van der Waals surface area contributed by atoms with Gasteiger partial charge in [0, 0.05) is 48.3 Å². The van der Waals surface area contributed by atoms with Crippen LogP contribution in [0.5, 0.6) is 0 Å². The minimum absolute atomic E-state index is 0.0657. The first-order valence-electron chi connectivity index (χ1n) is 10.6. The van der Waals surface area contributed by atoms with E-state index in [0.29, 0.717) is 47.2 Å². The van der Waals surface area contributed by atoms with E-state index in [2.05, 4.69) is 15.3 Å². The minimum atomic E-state index is -1.13. The third-order valence-electron chi connectivity index (χ3n) is 5.55. The van der Waals surface area contributed by atoms with Crippen LogP contribution < -0.4 is 5.32 Å². The number of hydrogen-bond acceptors (Lipinski definition) is 6. The van der Waals surface area contributed by atoms with E-state index < -0.39 is 12.0 Å². The summed E-state index contributed by atoms with van der Waals surface area (Å²) in [5.74, 6) is -2.02. The van der Waals surface area contributed by atoms with Crippen molar-refractivity contribution in [2.45, 2.75) is 30.2 Å². The number of nitrogens with zero attached hydrogens (tertiary/aromatic N) is 3. The highest BCUT2D eigenvalue weighted by Gasteiger charge is 2.30. The number of aliphatic carboxylic acids is 1. The predicted octanol–water partition coefficient (Wildman–Crippen LogP) is 3.57. The topological polar surface area (TPSA) is 112 Å². The molecule has 0 bridgehead atoms. The van der Waals surface area contributed by atoms with Crippen LogP contribution in [-0.4, -0.2) is 63.1 Å². The van der Waals surface area contributed by atoms with Crippen molar-refractivity contribution in [2.75, 3.05) is 19.3 Å². The fraction of sp³-hybridized carbons (Fsp3) is 0.348. The van der Waals surface area contributed by atoms with Crippen molar-refractivity contribution in [3.63, 3.8) is 0 Å². The first-order valence-corrected chi connectivity index (χ1v) is 12.5. The minimum Gasteiger partial charge on any atom is -0.480 e. The molecule has 2 N–H and O–H groups in total. The monoisotopic (exact) mass is 522 g/mol. The maximum atomic E-state index is 12.7. The molecule has 1 aliphatic rings. The Kier molecular flexibility index (Phi) is 9.32. The standard InChI is InChI=1S/C23H24Cl2N4O4S/c1-34-18-4-2-14(20(24)21(18)25)3-5-19(30)29-10-7-15(8-11-29)22(31)28-17(23(32)33)12-16-6-9-26-13-27-16/h2-6,9,13,15,17H,7-8,10-12H2,1H3,(H,28,31)(H,32,33)/b5-3+. The van der Waals surface area contributed by atoms with Gasteiger partial charge in [-0.05, 0) is 42.9 Å². The zero-order chi connectivity index (χ0) is 24.7. The van der Waals surface area contributed by atoms with Crippen LogP contribution in [-0.2, 0) is 20.8 Å². The van der Waals surface area contributed by atoms with Crippen molar-refractivity contribution in [3.8, 4) is 0 Å². The molecular weight excluding hydrogens is 499 g/mol. The van der Waals surface area contributed by atoms with Crippen molar-refractivity contribution in [3.05, 3.63) is 58.1 Å². The largest absolute Gasteiger partial charge is 0.480 e. The molecule has 1 atom stereocenters. The van der Waals surface area contributed by atoms with Gasteiger partial charge in [0.25, 0.3) is 0 Å². The van der Waals surface area contributed by atoms with Crippen LogP contribution in [0, 0.1) is 5.92 Å². The van der Waals surface area contributed by atoms with Gasteiger partial charge in [0.05, 0.1) is 10.0 Å². The molecule has 2 heterocycles. The van der Waals surface area contributed by atoms with Gasteiger partial charge in [0.1, 0.15) is 12.4 Å². The van der Waals surface area contributed by atoms with E-state index in [9.17, 15) is 19.5 Å². The number of amides is 2. The zero-order valence-corrected chi connectivity index (χ0v) is 20.7. The van der Waals surface area contributed by atoms with E-state index in [1.165, 1.54) is 30.4 Å². The Morgan fingerprint density at radius 2 is 1.97 bits per heavy atom. The molecule has 0 saturated carbocycles. The predicted molar refractivity (Wildman–Crippen MR) is 132 cm³/mol. The molecule has 1 aliphatic heterocycles. The van der Waals surface area contributed by atoms with Gasteiger partial charge in [0.15, 0.2) is 0 Å². The fourth-order valence-electron chi connectivity index (χ4n) is 3.60. The van der Waals surface area contributed by atoms with Crippen LogP contribution in [0.25, 0.3) is 6.08 Å². The van der Waals surface area contributed by atoms with Gasteiger partial charge < -0.3 is 15.3 Å². The fourth-order valence-corrected chi connectivity index (χ4v) is 4.77. The molecule has 1 aromatic carbocycles. The molecule has 3 rings (SSSR count). The van der Waals surface area contributed by atoms with E-state index in [1.54, 1.807) is 23.1 Å². The van der Waals surface area contributed by atoms with Crippen LogP contribution in [0.15, 0.2) is 41.7 Å².